The Morgan fingerprint density at radius 1 is 1.20 bits per heavy atom. The van der Waals surface area contributed by atoms with Gasteiger partial charge in [0.05, 0.1) is 0 Å². The van der Waals surface area contributed by atoms with Gasteiger partial charge >= 0.3 is 50.1 Å². The fourth-order valence-corrected chi connectivity index (χ4v) is 0. The molecule has 0 radical (unpaired) electrons. The maximum Gasteiger partial charge on any atom is 0 e. The minimum atomic E-state index is 0. The largest absolute Gasteiger partial charge is 0 e. The summed E-state index contributed by atoms with van der Waals surface area (Å²) in [6.45, 7) is 0. The number of hydrogen-bond acceptors (Lipinski definition) is 1. The molecular formula is H3CeInOTaTi. The third kappa shape index (κ3) is 18.5. The minimum Gasteiger partial charge on any atom is 0 e. The molecule has 0 atom stereocenters. The molecule has 0 aromatic rings. The zero-order valence-electron chi connectivity index (χ0n) is 1.86. The summed E-state index contributed by atoms with van der Waals surface area (Å²) in [4.78, 5) is 0. The van der Waals surface area contributed by atoms with E-state index in [1.165, 1.54) is 0 Å². The summed E-state index contributed by atoms with van der Waals surface area (Å²) in [6.07, 6.45) is 0. The molecule has 0 aliphatic heterocycles. The van der Waals surface area contributed by atoms with Gasteiger partial charge in [0, 0.05) is 63.5 Å². The molecule has 0 rings (SSSR count). The molecule has 1 nitrogen and oxygen atoms in total. The first-order valence-electron chi connectivity index (χ1n) is 0.183. The van der Waals surface area contributed by atoms with Gasteiger partial charge in [-0.25, -0.2) is 0 Å². The van der Waals surface area contributed by atoms with Crippen molar-refractivity contribution in [3.8, 4) is 0 Å². The van der Waals surface area contributed by atoms with E-state index in [-0.39, 0.29) is 110 Å². The van der Waals surface area contributed by atoms with Gasteiger partial charge in [-0.05, 0) is 0 Å². The van der Waals surface area contributed by atoms with E-state index in [4.69, 9.17) is 3.25 Å². The summed E-state index contributed by atoms with van der Waals surface area (Å²) in [5.41, 5.74) is 0. The quantitative estimate of drug-likeness (QED) is 0.376. The van der Waals surface area contributed by atoms with Crippen LogP contribution in [0.2, 0.25) is 0 Å². The monoisotopic (exact) mass is 503 g/mol. The molecule has 0 amide bonds. The van der Waals surface area contributed by atoms with Crippen LogP contribution in [0, 0.1) is 41.7 Å². The van der Waals surface area contributed by atoms with Crippen molar-refractivity contribution in [2.24, 2.45) is 0 Å². The van der Waals surface area contributed by atoms with E-state index >= 15 is 0 Å². The summed E-state index contributed by atoms with van der Waals surface area (Å²) >= 11 is 0.194. The maximum absolute atomic E-state index is 8.36. The Balaban J connectivity index is -0.00000000167. The van der Waals surface area contributed by atoms with Gasteiger partial charge < -0.3 is 0 Å². The Labute approximate surface area is 111 Å². The van der Waals surface area contributed by atoms with Gasteiger partial charge in [0.15, 0.2) is 0 Å². The van der Waals surface area contributed by atoms with Crippen molar-refractivity contribution >= 4 is 25.8 Å². The van der Waals surface area contributed by atoms with Crippen LogP contribution in [0.4, 0.5) is 0 Å². The Bertz CT molecular complexity index is 11.6. The molecule has 0 saturated carbocycles. The molecular weight excluding hydrogens is 500 g/mol. The molecule has 0 bridgehead atoms. The molecule has 0 aromatic carbocycles. The van der Waals surface area contributed by atoms with E-state index in [0.29, 0.717) is 0 Å². The molecule has 0 unspecified atom stereocenters. The van der Waals surface area contributed by atoms with E-state index in [9.17, 15) is 0 Å². The first-order chi connectivity index (χ1) is 1.00. The molecule has 5 heteroatoms. The van der Waals surface area contributed by atoms with Crippen LogP contribution >= 0.6 is 0 Å². The molecule has 0 fully saturated rings. The van der Waals surface area contributed by atoms with Crippen molar-refractivity contribution in [1.29, 1.82) is 0 Å². The molecule has 0 N–H and O–H groups in total. The molecule has 0 aliphatic rings. The Morgan fingerprint density at radius 2 is 1.20 bits per heavy atom. The van der Waals surface area contributed by atoms with Crippen LogP contribution in [0.5, 0.6) is 0 Å². The zero-order chi connectivity index (χ0) is 2.00. The summed E-state index contributed by atoms with van der Waals surface area (Å²) in [7, 11) is 0. The number of hydrogen-bond donors (Lipinski definition) is 0. The Kier molecular flexibility index (Phi) is 122. The van der Waals surface area contributed by atoms with Crippen LogP contribution in [0.1, 0.15) is 0 Å². The van der Waals surface area contributed by atoms with Gasteiger partial charge in [0.1, 0.15) is 0 Å². The molecule has 0 aliphatic carbocycles. The second kappa shape index (κ2) is 25.9. The third-order valence-electron chi connectivity index (χ3n) is 0. The van der Waals surface area contributed by atoms with E-state index < -0.39 is 0 Å². The first kappa shape index (κ1) is 23.6. The van der Waals surface area contributed by atoms with Crippen molar-refractivity contribution in [3.63, 3.8) is 0 Å². The van der Waals surface area contributed by atoms with E-state index in [1.54, 1.807) is 0 Å². The molecule has 0 heterocycles. The Morgan fingerprint density at radius 3 is 1.20 bits per heavy atom. The second-order valence-corrected chi connectivity index (χ2v) is 0. The van der Waals surface area contributed by atoms with E-state index in [0.717, 1.165) is 0 Å². The van der Waals surface area contributed by atoms with Crippen molar-refractivity contribution < 1.29 is 87.8 Å². The van der Waals surface area contributed by atoms with Crippen LogP contribution in [0.3, 0.4) is 0 Å². The summed E-state index contributed by atoms with van der Waals surface area (Å²) in [6, 6.07) is 0. The van der Waals surface area contributed by atoms with Crippen LogP contribution in [-0.4, -0.2) is 25.8 Å². The fourth-order valence-electron chi connectivity index (χ4n) is 0. The molecule has 0 saturated heterocycles. The summed E-state index contributed by atoms with van der Waals surface area (Å²) in [5.74, 6) is 0. The molecule has 25 valence electrons. The average molecular weight is 503 g/mol. The molecule has 0 spiro atoms. The number of rotatable bonds is 0. The maximum atomic E-state index is 8.36. The van der Waals surface area contributed by atoms with Crippen LogP contribution < -0.4 is 0 Å². The van der Waals surface area contributed by atoms with Gasteiger partial charge in [-0.15, -0.1) is 0 Å². The van der Waals surface area contributed by atoms with E-state index in [1.807, 2.05) is 0 Å². The van der Waals surface area contributed by atoms with Crippen molar-refractivity contribution in [3.05, 3.63) is 0 Å². The second-order valence-electron chi connectivity index (χ2n) is 0. The first-order valence-corrected chi connectivity index (χ1v) is 1.49. The van der Waals surface area contributed by atoms with Gasteiger partial charge in [-0.1, -0.05) is 0 Å². The molecule has 5 heavy (non-hydrogen) atoms. The minimum absolute atomic E-state index is 0. The van der Waals surface area contributed by atoms with Crippen LogP contribution in [0.15, 0.2) is 0 Å². The summed E-state index contributed by atoms with van der Waals surface area (Å²) < 4.78 is 8.36. The van der Waals surface area contributed by atoms with Crippen molar-refractivity contribution in [2.75, 3.05) is 0 Å². The fraction of sp³-hybridized carbons (Fsp3) is 0. The predicted molar refractivity (Wildman–Crippen MR) is 10.6 cm³/mol. The normalized spacial score (nSPS) is 0.600. The topological polar surface area (TPSA) is 17.1 Å². The predicted octanol–water partition coefficient (Wildman–Crippen LogP) is -1.31. The Hall–Kier alpha value is 3.50. The van der Waals surface area contributed by atoms with Gasteiger partial charge in [0.2, 0.25) is 0 Å². The van der Waals surface area contributed by atoms with Crippen molar-refractivity contribution in [2.45, 2.75) is 0 Å². The third-order valence-corrected chi connectivity index (χ3v) is 0. The summed E-state index contributed by atoms with van der Waals surface area (Å²) in [5, 5.41) is 0. The van der Waals surface area contributed by atoms with Crippen molar-refractivity contribution in [1.82, 2.24) is 0 Å². The SMILES string of the molecule is [Ce].[InH3].[O]=[Ta].[Ti]. The van der Waals surface area contributed by atoms with Crippen LogP contribution in [-0.2, 0) is 46.0 Å². The smallest absolute Gasteiger partial charge is 0 e. The van der Waals surface area contributed by atoms with Gasteiger partial charge in [-0.3, -0.25) is 0 Å². The van der Waals surface area contributed by atoms with Crippen LogP contribution in [0.25, 0.3) is 0 Å². The molecule has 0 aromatic heterocycles. The standard InChI is InChI=1S/Ce.In.O.Ta.Ti.3H. The van der Waals surface area contributed by atoms with Gasteiger partial charge in [0.25, 0.3) is 0 Å². The van der Waals surface area contributed by atoms with E-state index in [2.05, 4.69) is 0 Å². The average Bonchev–Trinajstić information content (AvgIpc) is 1.00. The van der Waals surface area contributed by atoms with Gasteiger partial charge in [-0.2, -0.15) is 0 Å². The zero-order valence-corrected chi connectivity index (χ0v) is 9.77.